The molecule has 5 heteroatoms. The van der Waals surface area contributed by atoms with Gasteiger partial charge < -0.3 is 5.32 Å². The molecule has 0 aliphatic heterocycles. The Balaban J connectivity index is 2.31. The lowest BCUT2D eigenvalue weighted by Gasteiger charge is -2.16. The summed E-state index contributed by atoms with van der Waals surface area (Å²) in [5.41, 5.74) is 2.32. The Morgan fingerprint density at radius 1 is 1.57 bits per heavy atom. The molecule has 0 aromatic carbocycles. The Morgan fingerprint density at radius 3 is 2.96 bits per heavy atom. The first-order chi connectivity index (χ1) is 11.0. The van der Waals surface area contributed by atoms with Crippen molar-refractivity contribution in [2.24, 2.45) is 0 Å². The number of unbranched alkanes of at least 4 members (excludes halogenated alkanes) is 1. The van der Waals surface area contributed by atoms with Gasteiger partial charge in [-0.2, -0.15) is 5.10 Å². The summed E-state index contributed by atoms with van der Waals surface area (Å²) < 4.78 is 15.2. The third-order valence-corrected chi connectivity index (χ3v) is 4.18. The van der Waals surface area contributed by atoms with Gasteiger partial charge in [0.05, 0.1) is 11.9 Å². The maximum absolute atomic E-state index is 13.6. The van der Waals surface area contributed by atoms with Crippen LogP contribution < -0.4 is 5.32 Å². The van der Waals surface area contributed by atoms with Gasteiger partial charge in [-0.3, -0.25) is 0 Å². The number of hydrogen-bond donors (Lipinski definition) is 1. The fourth-order valence-corrected chi connectivity index (χ4v) is 2.72. The van der Waals surface area contributed by atoms with Crippen molar-refractivity contribution in [3.05, 3.63) is 58.7 Å². The van der Waals surface area contributed by atoms with Gasteiger partial charge in [0.1, 0.15) is 5.82 Å². The summed E-state index contributed by atoms with van der Waals surface area (Å²) in [6, 6.07) is 0. The lowest BCUT2D eigenvalue weighted by molar-refractivity contribution is 0.614. The second kappa shape index (κ2) is 8.16. The second-order valence-corrected chi connectivity index (χ2v) is 6.00. The van der Waals surface area contributed by atoms with Crippen molar-refractivity contribution in [1.29, 1.82) is 0 Å². The van der Waals surface area contributed by atoms with Gasteiger partial charge in [-0.15, -0.1) is 0 Å². The van der Waals surface area contributed by atoms with Gasteiger partial charge in [0.25, 0.3) is 0 Å². The monoisotopic (exact) mass is 335 g/mol. The first-order valence-corrected chi connectivity index (χ1v) is 8.33. The molecular formula is C18H23ClFN3. The lowest BCUT2D eigenvalue weighted by Crippen LogP contribution is -2.20. The molecule has 3 nitrogen and oxygen atoms in total. The molecule has 0 bridgehead atoms. The minimum absolute atomic E-state index is 0.323. The van der Waals surface area contributed by atoms with E-state index in [1.165, 1.54) is 6.20 Å². The van der Waals surface area contributed by atoms with Crippen LogP contribution in [-0.2, 0) is 0 Å². The van der Waals surface area contributed by atoms with Crippen LogP contribution in [0.25, 0.3) is 5.82 Å². The zero-order valence-corrected chi connectivity index (χ0v) is 14.5. The van der Waals surface area contributed by atoms with E-state index in [0.717, 1.165) is 49.2 Å². The number of aromatic nitrogens is 2. The van der Waals surface area contributed by atoms with Gasteiger partial charge in [0.15, 0.2) is 5.82 Å². The lowest BCUT2D eigenvalue weighted by atomic mass is 9.98. The van der Waals surface area contributed by atoms with Crippen LogP contribution in [0, 0.1) is 12.7 Å². The molecule has 0 unspecified atom stereocenters. The molecule has 0 atom stereocenters. The van der Waals surface area contributed by atoms with Crippen LogP contribution in [-0.4, -0.2) is 16.3 Å². The van der Waals surface area contributed by atoms with Crippen molar-refractivity contribution in [2.75, 3.05) is 6.54 Å². The number of nitrogens with one attached hydrogen (secondary N) is 1. The normalized spacial score (nSPS) is 15.2. The van der Waals surface area contributed by atoms with Crippen molar-refractivity contribution in [1.82, 2.24) is 15.1 Å². The third kappa shape index (κ3) is 4.35. The first-order valence-electron chi connectivity index (χ1n) is 7.95. The highest BCUT2D eigenvalue weighted by Crippen LogP contribution is 2.28. The Morgan fingerprint density at radius 2 is 2.35 bits per heavy atom. The van der Waals surface area contributed by atoms with E-state index in [4.69, 9.17) is 11.6 Å². The average Bonchev–Trinajstić information content (AvgIpc) is 2.86. The zero-order valence-electron chi connectivity index (χ0n) is 13.7. The summed E-state index contributed by atoms with van der Waals surface area (Å²) in [6.45, 7) is 8.76. The average molecular weight is 336 g/mol. The highest BCUT2D eigenvalue weighted by Gasteiger charge is 2.13. The number of rotatable bonds is 7. The minimum Gasteiger partial charge on any atom is -0.370 e. The fourth-order valence-electron chi connectivity index (χ4n) is 2.41. The molecule has 124 valence electrons. The minimum atomic E-state index is -0.323. The fraction of sp³-hybridized carbons (Fsp3) is 0.389. The number of allylic oxidation sites excluding steroid dienone is 6. The Hall–Kier alpha value is -1.81. The van der Waals surface area contributed by atoms with Gasteiger partial charge in [0.2, 0.25) is 0 Å². The van der Waals surface area contributed by atoms with Gasteiger partial charge in [-0.05, 0) is 49.5 Å². The van der Waals surface area contributed by atoms with Crippen molar-refractivity contribution in [2.45, 2.75) is 39.5 Å². The zero-order chi connectivity index (χ0) is 16.8. The van der Waals surface area contributed by atoms with Gasteiger partial charge >= 0.3 is 0 Å². The van der Waals surface area contributed by atoms with E-state index in [0.29, 0.717) is 10.7 Å². The molecule has 0 saturated carbocycles. The number of nitrogens with zero attached hydrogens (tertiary/aromatic N) is 2. The quantitative estimate of drug-likeness (QED) is 0.566. The highest BCUT2D eigenvalue weighted by atomic mass is 35.5. The molecule has 0 spiro atoms. The molecule has 23 heavy (non-hydrogen) atoms. The Bertz CT molecular complexity index is 668. The second-order valence-electron chi connectivity index (χ2n) is 5.59. The van der Waals surface area contributed by atoms with E-state index in [2.05, 4.69) is 30.0 Å². The van der Waals surface area contributed by atoms with Crippen LogP contribution in [0.4, 0.5) is 4.39 Å². The van der Waals surface area contributed by atoms with Crippen LogP contribution in [0.3, 0.4) is 0 Å². The maximum Gasteiger partial charge on any atom is 0.164 e. The largest absolute Gasteiger partial charge is 0.370 e. The number of hydrogen-bond acceptors (Lipinski definition) is 2. The van der Waals surface area contributed by atoms with Crippen molar-refractivity contribution < 1.29 is 4.39 Å². The van der Waals surface area contributed by atoms with Crippen molar-refractivity contribution in [3.63, 3.8) is 0 Å². The summed E-state index contributed by atoms with van der Waals surface area (Å²) in [5, 5.41) is 8.16. The summed E-state index contributed by atoms with van der Waals surface area (Å²) >= 11 is 6.27. The summed E-state index contributed by atoms with van der Waals surface area (Å²) in [4.78, 5) is 0. The van der Waals surface area contributed by atoms with E-state index in [1.807, 2.05) is 12.2 Å². The van der Waals surface area contributed by atoms with Crippen LogP contribution >= 0.6 is 11.6 Å². The highest BCUT2D eigenvalue weighted by molar-refractivity contribution is 6.32. The van der Waals surface area contributed by atoms with Crippen LogP contribution in [0.2, 0.25) is 0 Å². The number of halogens is 2. The topological polar surface area (TPSA) is 29.9 Å². The summed E-state index contributed by atoms with van der Waals surface area (Å²) in [5.74, 6) is 0.396. The molecule has 1 heterocycles. The predicted octanol–water partition coefficient (Wildman–Crippen LogP) is 4.92. The van der Waals surface area contributed by atoms with Crippen LogP contribution in [0.15, 0.2) is 47.2 Å². The van der Waals surface area contributed by atoms with E-state index in [-0.39, 0.29) is 5.82 Å². The summed E-state index contributed by atoms with van der Waals surface area (Å²) in [6.07, 6.45) is 11.0. The van der Waals surface area contributed by atoms with Crippen LogP contribution in [0.1, 0.15) is 38.3 Å². The molecule has 0 radical (unpaired) electrons. The molecule has 0 fully saturated rings. The molecule has 1 N–H and O–H groups in total. The Labute approximate surface area is 142 Å². The SMILES string of the molecule is C=C(/C=C(/NCCCC)n1ncc(F)c1C)C1=C(Cl)C=CCC1. The standard InChI is InChI=1S/C18H23ClFN3/c1-4-5-10-21-18(23-14(3)17(20)12-22-23)11-13(2)15-8-6-7-9-16(15)19/h7,9,11-12,21H,2,4-6,8,10H2,1,3H3/b18-11-. The van der Waals surface area contributed by atoms with Crippen molar-refractivity contribution >= 4 is 17.4 Å². The molecular weight excluding hydrogens is 313 g/mol. The summed E-state index contributed by atoms with van der Waals surface area (Å²) in [7, 11) is 0. The molecule has 2 rings (SSSR count). The molecule has 1 aromatic rings. The predicted molar refractivity (Wildman–Crippen MR) is 94.5 cm³/mol. The van der Waals surface area contributed by atoms with Gasteiger partial charge in [-0.1, -0.05) is 37.6 Å². The van der Waals surface area contributed by atoms with Crippen LogP contribution in [0.5, 0.6) is 0 Å². The Kier molecular flexibility index (Phi) is 6.22. The molecule has 0 saturated heterocycles. The maximum atomic E-state index is 13.6. The molecule has 1 aliphatic carbocycles. The van der Waals surface area contributed by atoms with E-state index in [1.54, 1.807) is 11.6 Å². The van der Waals surface area contributed by atoms with Gasteiger partial charge in [-0.25, -0.2) is 9.07 Å². The van der Waals surface area contributed by atoms with E-state index in [9.17, 15) is 4.39 Å². The molecule has 0 amide bonds. The molecule has 1 aromatic heterocycles. The van der Waals surface area contributed by atoms with E-state index >= 15 is 0 Å². The van der Waals surface area contributed by atoms with E-state index < -0.39 is 0 Å². The van der Waals surface area contributed by atoms with Crippen molar-refractivity contribution in [3.8, 4) is 0 Å². The third-order valence-electron chi connectivity index (χ3n) is 3.83. The van der Waals surface area contributed by atoms with Gasteiger partial charge in [0, 0.05) is 11.6 Å². The first kappa shape index (κ1) is 17.5. The smallest absolute Gasteiger partial charge is 0.164 e. The molecule has 1 aliphatic rings.